The van der Waals surface area contributed by atoms with Crippen LogP contribution in [0.3, 0.4) is 0 Å². The first kappa shape index (κ1) is 16.8. The van der Waals surface area contributed by atoms with Crippen LogP contribution in [0.1, 0.15) is 24.9 Å². The molecule has 0 radical (unpaired) electrons. The Kier molecular flexibility index (Phi) is 8.02. The first-order valence-corrected chi connectivity index (χ1v) is 6.85. The van der Waals surface area contributed by atoms with Gasteiger partial charge < -0.3 is 24.7 Å². The van der Waals surface area contributed by atoms with Crippen molar-refractivity contribution in [2.75, 3.05) is 40.6 Å². The van der Waals surface area contributed by atoms with E-state index in [0.717, 1.165) is 24.3 Å². The van der Waals surface area contributed by atoms with Crippen LogP contribution >= 0.6 is 0 Å². The lowest BCUT2D eigenvalue weighted by molar-refractivity contribution is 0.0426. The topological polar surface area (TPSA) is 62.9 Å². The minimum Gasteiger partial charge on any atom is -0.497 e. The molecule has 0 saturated heterocycles. The van der Waals surface area contributed by atoms with E-state index in [0.29, 0.717) is 25.6 Å². The second-order valence-corrected chi connectivity index (χ2v) is 4.40. The van der Waals surface area contributed by atoms with Crippen LogP contribution in [0.4, 0.5) is 0 Å². The van der Waals surface area contributed by atoms with Crippen molar-refractivity contribution < 1.29 is 18.9 Å². The fourth-order valence-corrected chi connectivity index (χ4v) is 1.79. The zero-order valence-corrected chi connectivity index (χ0v) is 12.6. The minimum atomic E-state index is -0.234. The van der Waals surface area contributed by atoms with Gasteiger partial charge in [0.2, 0.25) is 0 Å². The van der Waals surface area contributed by atoms with E-state index in [4.69, 9.17) is 24.7 Å². The van der Waals surface area contributed by atoms with E-state index in [1.54, 1.807) is 14.2 Å². The van der Waals surface area contributed by atoms with Crippen molar-refractivity contribution in [2.24, 2.45) is 5.73 Å². The maximum absolute atomic E-state index is 6.12. The van der Waals surface area contributed by atoms with Crippen molar-refractivity contribution in [2.45, 2.75) is 19.4 Å². The first-order valence-electron chi connectivity index (χ1n) is 6.85. The molecular formula is C15H25NO4. The Labute approximate surface area is 121 Å². The summed E-state index contributed by atoms with van der Waals surface area (Å²) in [6.07, 6.45) is 1.02. The van der Waals surface area contributed by atoms with Gasteiger partial charge in [0.05, 0.1) is 40.1 Å². The van der Waals surface area contributed by atoms with E-state index >= 15 is 0 Å². The lowest BCUT2D eigenvalue weighted by atomic mass is 10.1. The molecule has 2 N–H and O–H groups in total. The highest BCUT2D eigenvalue weighted by Gasteiger charge is 2.13. The van der Waals surface area contributed by atoms with E-state index in [-0.39, 0.29) is 6.04 Å². The van der Waals surface area contributed by atoms with Crippen LogP contribution in [0.25, 0.3) is 0 Å². The van der Waals surface area contributed by atoms with Crippen molar-refractivity contribution in [1.82, 2.24) is 0 Å². The molecule has 0 aliphatic carbocycles. The molecule has 0 bridgehead atoms. The molecule has 0 spiro atoms. The van der Waals surface area contributed by atoms with Gasteiger partial charge in [-0.15, -0.1) is 0 Å². The highest BCUT2D eigenvalue weighted by atomic mass is 16.5. The number of hydrogen-bond acceptors (Lipinski definition) is 5. The Morgan fingerprint density at radius 2 is 1.80 bits per heavy atom. The predicted molar refractivity (Wildman–Crippen MR) is 78.4 cm³/mol. The van der Waals surface area contributed by atoms with E-state index < -0.39 is 0 Å². The summed E-state index contributed by atoms with van der Waals surface area (Å²) in [5.41, 5.74) is 7.02. The fraction of sp³-hybridized carbons (Fsp3) is 0.600. The van der Waals surface area contributed by atoms with Crippen LogP contribution in [0.2, 0.25) is 0 Å². The van der Waals surface area contributed by atoms with E-state index in [1.807, 2.05) is 18.2 Å². The van der Waals surface area contributed by atoms with Gasteiger partial charge in [-0.2, -0.15) is 0 Å². The maximum Gasteiger partial charge on any atom is 0.127 e. The number of ether oxygens (including phenoxy) is 4. The second kappa shape index (κ2) is 9.58. The van der Waals surface area contributed by atoms with E-state index in [9.17, 15) is 0 Å². The standard InChI is InChI=1S/C15H25NO4/c1-4-7-19-8-9-20-11-14(16)13-6-5-12(17-2)10-15(13)18-3/h5-6,10,14H,4,7-9,11,16H2,1-3H3. The quantitative estimate of drug-likeness (QED) is 0.667. The molecule has 1 unspecified atom stereocenters. The smallest absolute Gasteiger partial charge is 0.127 e. The van der Waals surface area contributed by atoms with Gasteiger partial charge in [-0.25, -0.2) is 0 Å². The zero-order chi connectivity index (χ0) is 14.8. The molecule has 1 aromatic rings. The molecule has 1 atom stereocenters. The third-order valence-electron chi connectivity index (χ3n) is 2.86. The van der Waals surface area contributed by atoms with Crippen molar-refractivity contribution in [3.8, 4) is 11.5 Å². The summed E-state index contributed by atoms with van der Waals surface area (Å²) in [4.78, 5) is 0. The summed E-state index contributed by atoms with van der Waals surface area (Å²) in [6.45, 7) is 4.42. The SMILES string of the molecule is CCCOCCOCC(N)c1ccc(OC)cc1OC. The Morgan fingerprint density at radius 3 is 2.45 bits per heavy atom. The van der Waals surface area contributed by atoms with E-state index in [2.05, 4.69) is 6.92 Å². The van der Waals surface area contributed by atoms with Crippen molar-refractivity contribution in [3.05, 3.63) is 23.8 Å². The van der Waals surface area contributed by atoms with Gasteiger partial charge in [0.15, 0.2) is 0 Å². The molecule has 5 heteroatoms. The monoisotopic (exact) mass is 283 g/mol. The molecule has 1 aromatic carbocycles. The highest BCUT2D eigenvalue weighted by molar-refractivity contribution is 5.42. The van der Waals surface area contributed by atoms with Gasteiger partial charge in [0.1, 0.15) is 11.5 Å². The fourth-order valence-electron chi connectivity index (χ4n) is 1.79. The third kappa shape index (κ3) is 5.36. The van der Waals surface area contributed by atoms with Crippen LogP contribution < -0.4 is 15.2 Å². The summed E-state index contributed by atoms with van der Waals surface area (Å²) in [5, 5.41) is 0. The number of hydrogen-bond donors (Lipinski definition) is 1. The largest absolute Gasteiger partial charge is 0.497 e. The lowest BCUT2D eigenvalue weighted by Crippen LogP contribution is -2.19. The van der Waals surface area contributed by atoms with Crippen molar-refractivity contribution >= 4 is 0 Å². The summed E-state index contributed by atoms with van der Waals surface area (Å²) >= 11 is 0. The molecule has 0 aromatic heterocycles. The van der Waals surface area contributed by atoms with Crippen LogP contribution in [0, 0.1) is 0 Å². The number of methoxy groups -OCH3 is 2. The summed E-state index contributed by atoms with van der Waals surface area (Å²) in [7, 11) is 3.23. The minimum absolute atomic E-state index is 0.234. The summed E-state index contributed by atoms with van der Waals surface area (Å²) < 4.78 is 21.3. The Hall–Kier alpha value is -1.30. The summed E-state index contributed by atoms with van der Waals surface area (Å²) in [5.74, 6) is 1.45. The van der Waals surface area contributed by atoms with Gasteiger partial charge >= 0.3 is 0 Å². The molecule has 1 rings (SSSR count). The molecule has 0 aliphatic rings. The van der Waals surface area contributed by atoms with Crippen molar-refractivity contribution in [3.63, 3.8) is 0 Å². The molecule has 5 nitrogen and oxygen atoms in total. The molecule has 0 saturated carbocycles. The molecule has 0 fully saturated rings. The van der Waals surface area contributed by atoms with E-state index in [1.165, 1.54) is 0 Å². The normalized spacial score (nSPS) is 12.2. The van der Waals surface area contributed by atoms with Crippen LogP contribution in [0.5, 0.6) is 11.5 Å². The van der Waals surface area contributed by atoms with Crippen LogP contribution in [-0.4, -0.2) is 40.6 Å². The van der Waals surface area contributed by atoms with Gasteiger partial charge in [0.25, 0.3) is 0 Å². The summed E-state index contributed by atoms with van der Waals surface area (Å²) in [6, 6.07) is 5.35. The van der Waals surface area contributed by atoms with Crippen LogP contribution in [-0.2, 0) is 9.47 Å². The third-order valence-corrected chi connectivity index (χ3v) is 2.86. The maximum atomic E-state index is 6.12. The van der Waals surface area contributed by atoms with Crippen LogP contribution in [0.15, 0.2) is 18.2 Å². The zero-order valence-electron chi connectivity index (χ0n) is 12.6. The van der Waals surface area contributed by atoms with Gasteiger partial charge in [-0.1, -0.05) is 6.92 Å². The number of nitrogens with two attached hydrogens (primary N) is 1. The molecular weight excluding hydrogens is 258 g/mol. The Bertz CT molecular complexity index is 384. The Balaban J connectivity index is 2.44. The first-order chi connectivity index (χ1) is 9.72. The molecule has 20 heavy (non-hydrogen) atoms. The second-order valence-electron chi connectivity index (χ2n) is 4.40. The Morgan fingerprint density at radius 1 is 1.05 bits per heavy atom. The lowest BCUT2D eigenvalue weighted by Gasteiger charge is -2.16. The molecule has 0 aliphatic heterocycles. The van der Waals surface area contributed by atoms with Gasteiger partial charge in [-0.3, -0.25) is 0 Å². The highest BCUT2D eigenvalue weighted by Crippen LogP contribution is 2.28. The average Bonchev–Trinajstić information content (AvgIpc) is 2.49. The molecule has 114 valence electrons. The van der Waals surface area contributed by atoms with Gasteiger partial charge in [-0.05, 0) is 18.6 Å². The number of rotatable bonds is 10. The predicted octanol–water partition coefficient (Wildman–Crippen LogP) is 2.15. The van der Waals surface area contributed by atoms with Crippen molar-refractivity contribution in [1.29, 1.82) is 0 Å². The molecule has 0 heterocycles. The number of benzene rings is 1. The average molecular weight is 283 g/mol. The van der Waals surface area contributed by atoms with Gasteiger partial charge in [0, 0.05) is 18.2 Å². The molecule has 0 amide bonds.